The second-order valence-electron chi connectivity index (χ2n) is 1.39. The molecule has 0 fully saturated rings. The first-order valence-electron chi connectivity index (χ1n) is 2.16. The van der Waals surface area contributed by atoms with Gasteiger partial charge in [0.2, 0.25) is 0 Å². The molecule has 0 aliphatic carbocycles. The van der Waals surface area contributed by atoms with Crippen molar-refractivity contribution >= 4 is 10.1 Å². The van der Waals surface area contributed by atoms with Crippen LogP contribution in [0.2, 0.25) is 0 Å². The van der Waals surface area contributed by atoms with E-state index in [1.807, 2.05) is 0 Å². The van der Waals surface area contributed by atoms with Crippen LogP contribution in [0.5, 0.6) is 0 Å². The second kappa shape index (κ2) is 4.68. The summed E-state index contributed by atoms with van der Waals surface area (Å²) in [5.74, 6) is -0.219. The van der Waals surface area contributed by atoms with Crippen molar-refractivity contribution in [3.05, 3.63) is 0 Å². The molecule has 5 nitrogen and oxygen atoms in total. The number of hydrogen-bond acceptors (Lipinski definition) is 4. The van der Waals surface area contributed by atoms with Crippen LogP contribution in [0.3, 0.4) is 0 Å². The molecule has 0 saturated heterocycles. The molecule has 0 aliphatic heterocycles. The van der Waals surface area contributed by atoms with Gasteiger partial charge in [-0.1, -0.05) is 0 Å². The van der Waals surface area contributed by atoms with Gasteiger partial charge in [-0.05, 0) is 7.05 Å². The monoisotopic (exact) mass is 156 g/mol. The molecule has 0 heterocycles. The Labute approximate surface area is 54.8 Å². The summed E-state index contributed by atoms with van der Waals surface area (Å²) < 4.78 is 27.9. The van der Waals surface area contributed by atoms with Crippen LogP contribution in [0.15, 0.2) is 0 Å². The van der Waals surface area contributed by atoms with E-state index in [2.05, 4.69) is 5.32 Å². The Morgan fingerprint density at radius 3 is 2.11 bits per heavy atom. The van der Waals surface area contributed by atoms with Crippen molar-refractivity contribution in [3.63, 3.8) is 0 Å². The normalized spacial score (nSPS) is 10.4. The van der Waals surface area contributed by atoms with Gasteiger partial charge >= 0.3 is 0 Å². The third-order valence-corrected chi connectivity index (χ3v) is 1.33. The zero-order valence-electron chi connectivity index (χ0n) is 5.29. The van der Waals surface area contributed by atoms with Crippen molar-refractivity contribution in [1.29, 1.82) is 0 Å². The second-order valence-corrected chi connectivity index (χ2v) is 2.96. The average molecular weight is 156 g/mol. The summed E-state index contributed by atoms with van der Waals surface area (Å²) in [5.41, 5.74) is 0. The summed E-state index contributed by atoms with van der Waals surface area (Å²) in [7, 11) is -2.13. The molecule has 0 aromatic rings. The van der Waals surface area contributed by atoms with Crippen LogP contribution in [-0.4, -0.2) is 32.3 Å². The number of rotatable bonds is 3. The summed E-state index contributed by atoms with van der Waals surface area (Å²) in [6.45, 7) is 0.291. The van der Waals surface area contributed by atoms with Crippen LogP contribution in [0.4, 0.5) is 0 Å². The fourth-order valence-electron chi connectivity index (χ4n) is 0.231. The maximum absolute atomic E-state index is 9.91. The van der Waals surface area contributed by atoms with Crippen molar-refractivity contribution in [1.82, 2.24) is 11.5 Å². The van der Waals surface area contributed by atoms with E-state index in [9.17, 15) is 8.42 Å². The lowest BCUT2D eigenvalue weighted by Gasteiger charge is -1.92. The third-order valence-electron chi connectivity index (χ3n) is 0.610. The molecule has 0 aromatic heterocycles. The summed E-state index contributed by atoms with van der Waals surface area (Å²) in [4.78, 5) is 0. The van der Waals surface area contributed by atoms with Gasteiger partial charge in [0.1, 0.15) is 0 Å². The van der Waals surface area contributed by atoms with Gasteiger partial charge in [-0.25, -0.2) is 0 Å². The van der Waals surface area contributed by atoms with E-state index in [1.165, 1.54) is 0 Å². The van der Waals surface area contributed by atoms with Gasteiger partial charge < -0.3 is 11.5 Å². The van der Waals surface area contributed by atoms with Crippen LogP contribution in [0.25, 0.3) is 0 Å². The minimum Gasteiger partial charge on any atom is -0.344 e. The molecular weight excluding hydrogens is 144 g/mol. The summed E-state index contributed by atoms with van der Waals surface area (Å²) >= 11 is 0. The van der Waals surface area contributed by atoms with Gasteiger partial charge in [0, 0.05) is 6.54 Å². The highest BCUT2D eigenvalue weighted by atomic mass is 32.2. The molecule has 5 N–H and O–H groups in total. The molecular formula is C3H12N2O3S. The topological polar surface area (TPSA) is 101 Å². The Bertz CT molecular complexity index is 141. The molecule has 0 saturated carbocycles. The quantitative estimate of drug-likeness (QED) is 0.467. The maximum atomic E-state index is 9.91. The first kappa shape index (κ1) is 11.6. The predicted octanol–water partition coefficient (Wildman–Crippen LogP) is -0.744. The third kappa shape index (κ3) is 11.4. The highest BCUT2D eigenvalue weighted by Crippen LogP contribution is 1.76. The molecule has 0 aliphatic rings. The van der Waals surface area contributed by atoms with Crippen molar-refractivity contribution in [2.75, 3.05) is 19.3 Å². The van der Waals surface area contributed by atoms with Crippen LogP contribution in [-0.2, 0) is 10.1 Å². The van der Waals surface area contributed by atoms with E-state index < -0.39 is 10.1 Å². The van der Waals surface area contributed by atoms with Gasteiger partial charge in [-0.2, -0.15) is 8.42 Å². The van der Waals surface area contributed by atoms with Gasteiger partial charge in [0.15, 0.2) is 0 Å². The zero-order valence-corrected chi connectivity index (χ0v) is 6.11. The van der Waals surface area contributed by atoms with Gasteiger partial charge in [0.05, 0.1) is 5.75 Å². The molecule has 0 aromatic carbocycles. The summed E-state index contributed by atoms with van der Waals surface area (Å²) in [5, 5.41) is 2.59. The van der Waals surface area contributed by atoms with E-state index in [0.717, 1.165) is 0 Å². The lowest BCUT2D eigenvalue weighted by atomic mass is 10.8. The number of hydrogen-bond donors (Lipinski definition) is 3. The molecule has 9 heavy (non-hydrogen) atoms. The van der Waals surface area contributed by atoms with E-state index in [0.29, 0.717) is 6.54 Å². The average Bonchev–Trinajstić information content (AvgIpc) is 1.59. The van der Waals surface area contributed by atoms with E-state index in [4.69, 9.17) is 4.55 Å². The minimum atomic E-state index is -3.75. The summed E-state index contributed by atoms with van der Waals surface area (Å²) in [6.07, 6.45) is 0. The Kier molecular flexibility index (Phi) is 6.04. The molecule has 0 atom stereocenters. The highest BCUT2D eigenvalue weighted by molar-refractivity contribution is 7.85. The van der Waals surface area contributed by atoms with E-state index in [1.54, 1.807) is 7.05 Å². The zero-order chi connectivity index (χ0) is 6.62. The fourth-order valence-corrected chi connectivity index (χ4v) is 0.693. The first-order chi connectivity index (χ1) is 3.56. The van der Waals surface area contributed by atoms with E-state index >= 15 is 0 Å². The first-order valence-corrected chi connectivity index (χ1v) is 3.77. The van der Waals surface area contributed by atoms with Crippen molar-refractivity contribution in [2.45, 2.75) is 0 Å². The van der Waals surface area contributed by atoms with Crippen molar-refractivity contribution in [3.8, 4) is 0 Å². The molecule has 0 spiro atoms. The SMILES string of the molecule is CNCCS(=O)(=O)O.N. The lowest BCUT2D eigenvalue weighted by Crippen LogP contribution is -2.18. The molecule has 0 amide bonds. The maximum Gasteiger partial charge on any atom is 0.266 e. The minimum absolute atomic E-state index is 0. The molecule has 0 unspecified atom stereocenters. The number of nitrogens with one attached hydrogen (secondary N) is 1. The van der Waals surface area contributed by atoms with E-state index in [-0.39, 0.29) is 11.9 Å². The standard InChI is InChI=1S/C3H9NO3S.H3N/c1-4-2-3-8(5,6)7;/h4H,2-3H2,1H3,(H,5,6,7);1H3. The Balaban J connectivity index is 0. The summed E-state index contributed by atoms with van der Waals surface area (Å²) in [6, 6.07) is 0. The Morgan fingerprint density at radius 1 is 1.56 bits per heavy atom. The fraction of sp³-hybridized carbons (Fsp3) is 1.00. The lowest BCUT2D eigenvalue weighted by molar-refractivity contribution is 0.482. The van der Waals surface area contributed by atoms with Crippen molar-refractivity contribution in [2.24, 2.45) is 0 Å². The van der Waals surface area contributed by atoms with Crippen LogP contribution < -0.4 is 11.5 Å². The smallest absolute Gasteiger partial charge is 0.266 e. The van der Waals surface area contributed by atoms with Crippen LogP contribution >= 0.6 is 0 Å². The predicted molar refractivity (Wildman–Crippen MR) is 35.4 cm³/mol. The largest absolute Gasteiger partial charge is 0.344 e. The molecule has 0 rings (SSSR count). The Morgan fingerprint density at radius 2 is 2.00 bits per heavy atom. The Hall–Kier alpha value is -0.170. The van der Waals surface area contributed by atoms with Crippen LogP contribution in [0.1, 0.15) is 0 Å². The highest BCUT2D eigenvalue weighted by Gasteiger charge is 1.99. The molecule has 0 bridgehead atoms. The molecule has 6 heteroatoms. The van der Waals surface area contributed by atoms with Gasteiger partial charge in [0.25, 0.3) is 10.1 Å². The molecule has 0 radical (unpaired) electrons. The van der Waals surface area contributed by atoms with Crippen molar-refractivity contribution < 1.29 is 13.0 Å². The molecule has 58 valence electrons. The van der Waals surface area contributed by atoms with Gasteiger partial charge in [-0.3, -0.25) is 4.55 Å². The van der Waals surface area contributed by atoms with Gasteiger partial charge in [-0.15, -0.1) is 0 Å². The van der Waals surface area contributed by atoms with Crippen LogP contribution in [0, 0.1) is 0 Å².